The summed E-state index contributed by atoms with van der Waals surface area (Å²) < 4.78 is 23.9. The van der Waals surface area contributed by atoms with E-state index in [-0.39, 0.29) is 38.7 Å². The normalized spacial score (nSPS) is 23.1. The third kappa shape index (κ3) is 5.66. The van der Waals surface area contributed by atoms with Gasteiger partial charge < -0.3 is 34.5 Å². The maximum Gasteiger partial charge on any atom is 0.338 e. The average molecular weight is 522 g/mol. The first kappa shape index (κ1) is 26.1. The molecule has 2 aliphatic carbocycles. The largest absolute Gasteiger partial charge is 0.499 e. The molecular formula is C29H31NO8. The van der Waals surface area contributed by atoms with Gasteiger partial charge in [0, 0.05) is 31.4 Å². The molecule has 3 atom stereocenters. The van der Waals surface area contributed by atoms with Gasteiger partial charge in [-0.2, -0.15) is 0 Å². The summed E-state index contributed by atoms with van der Waals surface area (Å²) in [6.07, 6.45) is 4.42. The quantitative estimate of drug-likeness (QED) is 0.260. The number of rotatable bonds is 9. The van der Waals surface area contributed by atoms with Crippen molar-refractivity contribution in [3.8, 4) is 0 Å². The molecule has 1 fully saturated rings. The number of nitrogens with one attached hydrogen (secondary N) is 1. The van der Waals surface area contributed by atoms with Crippen LogP contribution in [-0.4, -0.2) is 72.6 Å². The predicted molar refractivity (Wildman–Crippen MR) is 137 cm³/mol. The summed E-state index contributed by atoms with van der Waals surface area (Å²) in [5, 5.41) is 20.6. The number of esters is 1. The summed E-state index contributed by atoms with van der Waals surface area (Å²) in [5.41, 5.74) is 3.91. The summed E-state index contributed by atoms with van der Waals surface area (Å²) in [6, 6.07) is 14.9. The van der Waals surface area contributed by atoms with Crippen molar-refractivity contribution in [3.63, 3.8) is 0 Å². The molecule has 3 aliphatic rings. The van der Waals surface area contributed by atoms with Crippen LogP contribution in [0, 0.1) is 0 Å². The van der Waals surface area contributed by atoms with E-state index < -0.39 is 30.1 Å². The van der Waals surface area contributed by atoms with Crippen molar-refractivity contribution in [3.05, 3.63) is 88.7 Å². The van der Waals surface area contributed by atoms with Gasteiger partial charge in [0.2, 0.25) is 5.91 Å². The second-order valence-electron chi connectivity index (χ2n) is 9.54. The molecule has 5 rings (SSSR count). The lowest BCUT2D eigenvalue weighted by atomic mass is 9.91. The molecular weight excluding hydrogens is 490 g/mol. The molecule has 0 radical (unpaired) electrons. The van der Waals surface area contributed by atoms with Crippen molar-refractivity contribution in [2.75, 3.05) is 26.4 Å². The number of carbonyl (C=O) groups excluding carboxylic acids is 2. The van der Waals surface area contributed by atoms with Gasteiger partial charge >= 0.3 is 5.97 Å². The molecule has 2 aromatic rings. The third-order valence-electron chi connectivity index (χ3n) is 6.88. The predicted octanol–water partition coefficient (Wildman–Crippen LogP) is 1.91. The second-order valence-corrected chi connectivity index (χ2v) is 9.54. The van der Waals surface area contributed by atoms with Gasteiger partial charge in [0.15, 0.2) is 5.79 Å². The lowest BCUT2D eigenvalue weighted by Gasteiger charge is -2.30. The molecule has 1 aliphatic heterocycles. The summed E-state index contributed by atoms with van der Waals surface area (Å²) in [4.78, 5) is 25.9. The van der Waals surface area contributed by atoms with Gasteiger partial charge in [0.05, 0.1) is 25.0 Å². The monoisotopic (exact) mass is 521 g/mol. The Kier molecular flexibility index (Phi) is 7.90. The van der Waals surface area contributed by atoms with Crippen molar-refractivity contribution in [2.45, 2.75) is 43.4 Å². The van der Waals surface area contributed by atoms with Crippen molar-refractivity contribution in [1.82, 2.24) is 5.32 Å². The standard InChI is InChI=1S/C29H31NO8/c31-11-10-30-27(33)23-15-24(36-28(34)20-7-5-19(6-8-20)9-13-35-14-12-32)26-25(16-23)37-29(38-26)17-21-3-1-2-4-22(21)18-29/h1-9,13,16,24-26,31-32H,10-12,14-15,17-18H2,(H,30,33)/t24-,25-,26+/m1/s1. The fraction of sp³-hybridized carbons (Fsp3) is 0.379. The van der Waals surface area contributed by atoms with E-state index >= 15 is 0 Å². The zero-order valence-corrected chi connectivity index (χ0v) is 20.9. The Bertz CT molecular complexity index is 1200. The topological polar surface area (TPSA) is 124 Å². The molecule has 0 bridgehead atoms. The number of fused-ring (bicyclic) bond motifs is 2. The highest BCUT2D eigenvalue weighted by Crippen LogP contribution is 2.45. The van der Waals surface area contributed by atoms with Crippen LogP contribution in [0.3, 0.4) is 0 Å². The molecule has 200 valence electrons. The van der Waals surface area contributed by atoms with Gasteiger partial charge in [0.1, 0.15) is 24.9 Å². The van der Waals surface area contributed by atoms with Gasteiger partial charge in [-0.3, -0.25) is 4.79 Å². The highest BCUT2D eigenvalue weighted by Gasteiger charge is 2.55. The number of carbonyl (C=O) groups is 2. The average Bonchev–Trinajstić information content (AvgIpc) is 3.48. The van der Waals surface area contributed by atoms with Crippen molar-refractivity contribution in [1.29, 1.82) is 0 Å². The second kappa shape index (κ2) is 11.5. The Labute approximate surface area is 220 Å². The maximum atomic E-state index is 13.1. The molecule has 0 unspecified atom stereocenters. The Balaban J connectivity index is 1.32. The van der Waals surface area contributed by atoms with E-state index in [2.05, 4.69) is 17.4 Å². The summed E-state index contributed by atoms with van der Waals surface area (Å²) >= 11 is 0. The molecule has 1 saturated heterocycles. The van der Waals surface area contributed by atoms with Crippen LogP contribution < -0.4 is 5.32 Å². The number of benzene rings is 2. The molecule has 3 N–H and O–H groups in total. The van der Waals surface area contributed by atoms with Crippen molar-refractivity contribution < 1.29 is 38.7 Å². The van der Waals surface area contributed by atoms with Gasteiger partial charge in [0.25, 0.3) is 0 Å². The van der Waals surface area contributed by atoms with E-state index in [1.165, 1.54) is 6.26 Å². The highest BCUT2D eigenvalue weighted by atomic mass is 16.8. The van der Waals surface area contributed by atoms with E-state index in [1.54, 1.807) is 36.4 Å². The first-order chi connectivity index (χ1) is 18.5. The molecule has 0 saturated carbocycles. The maximum absolute atomic E-state index is 13.1. The van der Waals surface area contributed by atoms with Crippen LogP contribution in [0.1, 0.15) is 33.5 Å². The molecule has 9 nitrogen and oxygen atoms in total. The van der Waals surface area contributed by atoms with Crippen LogP contribution >= 0.6 is 0 Å². The van der Waals surface area contributed by atoms with Crippen LogP contribution in [0.5, 0.6) is 0 Å². The zero-order chi connectivity index (χ0) is 26.5. The number of ether oxygens (including phenoxy) is 4. The first-order valence-electron chi connectivity index (χ1n) is 12.7. The van der Waals surface area contributed by atoms with Crippen molar-refractivity contribution >= 4 is 18.0 Å². The van der Waals surface area contributed by atoms with Gasteiger partial charge in [-0.15, -0.1) is 0 Å². The Morgan fingerprint density at radius 1 is 1.03 bits per heavy atom. The lowest BCUT2D eigenvalue weighted by Crippen LogP contribution is -2.44. The zero-order valence-electron chi connectivity index (χ0n) is 20.9. The van der Waals surface area contributed by atoms with E-state index in [0.717, 1.165) is 16.7 Å². The SMILES string of the molecule is O=C(NCCO)C1=C[C@H]2OC3(Cc4ccccc4C3)O[C@H]2[C@H](OC(=O)c2ccc(C=COCCO)cc2)C1. The van der Waals surface area contributed by atoms with Crippen LogP contribution in [0.25, 0.3) is 6.08 Å². The minimum atomic E-state index is -0.872. The van der Waals surface area contributed by atoms with Crippen LogP contribution in [0.2, 0.25) is 0 Å². The Morgan fingerprint density at radius 2 is 1.76 bits per heavy atom. The fourth-order valence-corrected chi connectivity index (χ4v) is 5.13. The molecule has 1 heterocycles. The first-order valence-corrected chi connectivity index (χ1v) is 12.7. The van der Waals surface area contributed by atoms with E-state index in [0.29, 0.717) is 24.0 Å². The Morgan fingerprint density at radius 3 is 2.45 bits per heavy atom. The molecule has 1 spiro atoms. The Hall–Kier alpha value is -3.50. The molecule has 9 heteroatoms. The number of aliphatic hydroxyl groups excluding tert-OH is 2. The highest BCUT2D eigenvalue weighted by molar-refractivity contribution is 5.94. The fourth-order valence-electron chi connectivity index (χ4n) is 5.13. The van der Waals surface area contributed by atoms with E-state index in [4.69, 9.17) is 29.2 Å². The van der Waals surface area contributed by atoms with Crippen LogP contribution in [0.4, 0.5) is 0 Å². The lowest BCUT2D eigenvalue weighted by molar-refractivity contribution is -0.172. The molecule has 0 aromatic heterocycles. The van der Waals surface area contributed by atoms with Crippen molar-refractivity contribution in [2.24, 2.45) is 0 Å². The van der Waals surface area contributed by atoms with E-state index in [1.807, 2.05) is 12.1 Å². The van der Waals surface area contributed by atoms with Crippen LogP contribution in [-0.2, 0) is 36.6 Å². The summed E-state index contributed by atoms with van der Waals surface area (Å²) in [7, 11) is 0. The number of amides is 1. The summed E-state index contributed by atoms with van der Waals surface area (Å²) in [6.45, 7) is 0.0827. The summed E-state index contributed by atoms with van der Waals surface area (Å²) in [5.74, 6) is -1.74. The number of aliphatic hydroxyl groups is 2. The third-order valence-corrected chi connectivity index (χ3v) is 6.88. The molecule has 38 heavy (non-hydrogen) atoms. The molecule has 2 aromatic carbocycles. The van der Waals surface area contributed by atoms with Crippen LogP contribution in [0.15, 0.2) is 66.4 Å². The van der Waals surface area contributed by atoms with E-state index in [9.17, 15) is 9.59 Å². The van der Waals surface area contributed by atoms with Gasteiger partial charge in [-0.05, 0) is 41.0 Å². The smallest absolute Gasteiger partial charge is 0.338 e. The molecule has 1 amide bonds. The minimum Gasteiger partial charge on any atom is -0.499 e. The number of hydrogen-bond acceptors (Lipinski definition) is 8. The van der Waals surface area contributed by atoms with Gasteiger partial charge in [-0.25, -0.2) is 4.79 Å². The minimum absolute atomic E-state index is 0.0685. The van der Waals surface area contributed by atoms with Gasteiger partial charge in [-0.1, -0.05) is 36.4 Å². The number of hydrogen-bond donors (Lipinski definition) is 3.